The highest BCUT2D eigenvalue weighted by molar-refractivity contribution is 7.89. The summed E-state index contributed by atoms with van der Waals surface area (Å²) in [7, 11) is -3.96. The van der Waals surface area contributed by atoms with Crippen LogP contribution in [0.5, 0.6) is 0 Å². The summed E-state index contributed by atoms with van der Waals surface area (Å²) < 4.78 is 27.2. The smallest absolute Gasteiger partial charge is 0.289 e. The highest BCUT2D eigenvalue weighted by Crippen LogP contribution is 2.28. The lowest BCUT2D eigenvalue weighted by molar-refractivity contribution is -0.387. The predicted octanol–water partition coefficient (Wildman–Crippen LogP) is 3.18. The predicted molar refractivity (Wildman–Crippen MR) is 121 cm³/mol. The Balaban J connectivity index is 1.47. The van der Waals surface area contributed by atoms with E-state index in [9.17, 15) is 18.5 Å². The van der Waals surface area contributed by atoms with Gasteiger partial charge in [-0.05, 0) is 49.2 Å². The van der Waals surface area contributed by atoms with Crippen molar-refractivity contribution < 1.29 is 13.3 Å². The molecule has 2 aromatic carbocycles. The van der Waals surface area contributed by atoms with E-state index in [1.807, 2.05) is 23.1 Å². The summed E-state index contributed by atoms with van der Waals surface area (Å²) in [5.41, 5.74) is 3.75. The fourth-order valence-corrected chi connectivity index (χ4v) is 5.25. The van der Waals surface area contributed by atoms with Gasteiger partial charge in [0.05, 0.1) is 10.6 Å². The minimum Gasteiger partial charge on any atom is -0.352 e. The molecule has 0 atom stereocenters. The van der Waals surface area contributed by atoms with Crippen LogP contribution >= 0.6 is 0 Å². The summed E-state index contributed by atoms with van der Waals surface area (Å²) in [6, 6.07) is 15.3. The van der Waals surface area contributed by atoms with Crippen LogP contribution in [0.3, 0.4) is 0 Å². The molecule has 0 unspecified atom stereocenters. The molecule has 0 bridgehead atoms. The van der Waals surface area contributed by atoms with Gasteiger partial charge in [-0.1, -0.05) is 24.3 Å². The number of nitrogens with zero attached hydrogens (tertiary/aromatic N) is 5. The number of nitro benzene ring substituents is 1. The molecule has 0 radical (unpaired) electrons. The van der Waals surface area contributed by atoms with Gasteiger partial charge in [0.15, 0.2) is 10.7 Å². The zero-order valence-electron chi connectivity index (χ0n) is 17.8. The number of para-hydroxylation sites is 1. The van der Waals surface area contributed by atoms with Crippen molar-refractivity contribution in [2.45, 2.75) is 18.7 Å². The zero-order valence-corrected chi connectivity index (χ0v) is 18.6. The summed E-state index contributed by atoms with van der Waals surface area (Å²) in [4.78, 5) is 12.3. The summed E-state index contributed by atoms with van der Waals surface area (Å²) in [6.07, 6.45) is 0. The highest BCUT2D eigenvalue weighted by Gasteiger charge is 2.33. The number of hydrogen-bond acceptors (Lipinski definition) is 7. The second-order valence-electron chi connectivity index (χ2n) is 7.69. The molecule has 0 aliphatic carbocycles. The molecule has 2 heterocycles. The maximum Gasteiger partial charge on any atom is 0.289 e. The number of hydrogen-bond donors (Lipinski definition) is 0. The third-order valence-electron chi connectivity index (χ3n) is 5.70. The monoisotopic (exact) mass is 453 g/mol. The van der Waals surface area contributed by atoms with Gasteiger partial charge in [0.25, 0.3) is 5.69 Å². The highest BCUT2D eigenvalue weighted by atomic mass is 32.2. The van der Waals surface area contributed by atoms with Gasteiger partial charge >= 0.3 is 0 Å². The Morgan fingerprint density at radius 2 is 1.62 bits per heavy atom. The molecule has 1 aliphatic heterocycles. The number of aryl methyl sites for hydroxylation is 2. The molecule has 0 amide bonds. The van der Waals surface area contributed by atoms with Crippen LogP contribution in [-0.2, 0) is 10.0 Å². The van der Waals surface area contributed by atoms with Crippen LogP contribution in [0.4, 0.5) is 11.5 Å². The molecule has 10 heteroatoms. The Morgan fingerprint density at radius 3 is 2.25 bits per heavy atom. The molecule has 166 valence electrons. The first-order chi connectivity index (χ1) is 15.3. The SMILES string of the molecule is Cc1ccc(-c2ccc(N3CCN(S(=O)(=O)c4ccccc4[N+](=O)[O-])CC3)nn2)cc1C. The summed E-state index contributed by atoms with van der Waals surface area (Å²) in [5, 5.41) is 19.9. The van der Waals surface area contributed by atoms with E-state index >= 15 is 0 Å². The van der Waals surface area contributed by atoms with Gasteiger partial charge in [-0.15, -0.1) is 10.2 Å². The average Bonchev–Trinajstić information content (AvgIpc) is 2.81. The minimum absolute atomic E-state index is 0.203. The van der Waals surface area contributed by atoms with Crippen molar-refractivity contribution in [1.82, 2.24) is 14.5 Å². The summed E-state index contributed by atoms with van der Waals surface area (Å²) in [5.74, 6) is 0.667. The third-order valence-corrected chi connectivity index (χ3v) is 7.64. The number of piperazine rings is 1. The van der Waals surface area contributed by atoms with E-state index in [4.69, 9.17) is 0 Å². The van der Waals surface area contributed by atoms with Gasteiger partial charge in [0.1, 0.15) is 0 Å². The topological polar surface area (TPSA) is 110 Å². The minimum atomic E-state index is -3.96. The Hall–Kier alpha value is -3.37. The maximum atomic E-state index is 13.0. The van der Waals surface area contributed by atoms with E-state index in [0.717, 1.165) is 11.3 Å². The molecular weight excluding hydrogens is 430 g/mol. The number of rotatable bonds is 5. The van der Waals surface area contributed by atoms with Crippen LogP contribution in [0.1, 0.15) is 11.1 Å². The molecule has 0 N–H and O–H groups in total. The van der Waals surface area contributed by atoms with Crippen molar-refractivity contribution in [2.24, 2.45) is 0 Å². The first-order valence-corrected chi connectivity index (χ1v) is 11.6. The molecule has 0 saturated carbocycles. The Bertz CT molecular complexity index is 1250. The van der Waals surface area contributed by atoms with Gasteiger partial charge in [-0.25, -0.2) is 8.42 Å². The Labute approximate surface area is 186 Å². The van der Waals surface area contributed by atoms with Crippen LogP contribution < -0.4 is 4.90 Å². The number of benzene rings is 2. The van der Waals surface area contributed by atoms with Crippen molar-refractivity contribution in [2.75, 3.05) is 31.1 Å². The van der Waals surface area contributed by atoms with Crippen molar-refractivity contribution in [3.05, 3.63) is 75.8 Å². The maximum absolute atomic E-state index is 13.0. The first-order valence-electron chi connectivity index (χ1n) is 10.2. The molecule has 32 heavy (non-hydrogen) atoms. The lowest BCUT2D eigenvalue weighted by Gasteiger charge is -2.34. The Morgan fingerprint density at radius 1 is 0.906 bits per heavy atom. The van der Waals surface area contributed by atoms with E-state index in [-0.39, 0.29) is 18.0 Å². The second kappa shape index (κ2) is 8.64. The van der Waals surface area contributed by atoms with E-state index < -0.39 is 20.6 Å². The molecule has 3 aromatic rings. The summed E-state index contributed by atoms with van der Waals surface area (Å²) in [6.45, 7) is 5.35. The van der Waals surface area contributed by atoms with E-state index in [2.05, 4.69) is 36.2 Å². The molecule has 1 aromatic heterocycles. The number of sulfonamides is 1. The van der Waals surface area contributed by atoms with Crippen LogP contribution in [0.15, 0.2) is 59.5 Å². The average molecular weight is 454 g/mol. The number of nitro groups is 1. The summed E-state index contributed by atoms with van der Waals surface area (Å²) >= 11 is 0. The van der Waals surface area contributed by atoms with Gasteiger partial charge < -0.3 is 4.90 Å². The lowest BCUT2D eigenvalue weighted by Crippen LogP contribution is -2.49. The standard InChI is InChI=1S/C22H23N5O4S/c1-16-7-8-18(15-17(16)2)19-9-10-22(24-23-19)25-11-13-26(14-12-25)32(30,31)21-6-4-3-5-20(21)27(28)29/h3-10,15H,11-14H2,1-2H3. The molecule has 0 spiro atoms. The zero-order chi connectivity index (χ0) is 22.9. The number of anilines is 1. The van der Waals surface area contributed by atoms with Gasteiger partial charge in [0, 0.05) is 37.8 Å². The van der Waals surface area contributed by atoms with Gasteiger partial charge in [0.2, 0.25) is 10.0 Å². The third kappa shape index (κ3) is 4.19. The molecular formula is C22H23N5O4S. The quantitative estimate of drug-likeness (QED) is 0.431. The fraction of sp³-hybridized carbons (Fsp3) is 0.273. The first kappa shape index (κ1) is 21.8. The van der Waals surface area contributed by atoms with Crippen LogP contribution in [0.2, 0.25) is 0 Å². The van der Waals surface area contributed by atoms with Crippen LogP contribution in [0.25, 0.3) is 11.3 Å². The van der Waals surface area contributed by atoms with Crippen molar-refractivity contribution in [3.63, 3.8) is 0 Å². The van der Waals surface area contributed by atoms with E-state index in [1.54, 1.807) is 0 Å². The van der Waals surface area contributed by atoms with Crippen molar-refractivity contribution >= 4 is 21.5 Å². The van der Waals surface area contributed by atoms with Crippen LogP contribution in [-0.4, -0.2) is 54.0 Å². The second-order valence-corrected chi connectivity index (χ2v) is 9.60. The molecule has 1 fully saturated rings. The molecule has 9 nitrogen and oxygen atoms in total. The molecule has 1 aliphatic rings. The normalized spacial score (nSPS) is 15.0. The van der Waals surface area contributed by atoms with Crippen molar-refractivity contribution in [3.8, 4) is 11.3 Å². The van der Waals surface area contributed by atoms with Gasteiger partial charge in [-0.2, -0.15) is 4.31 Å². The number of aromatic nitrogens is 2. The van der Waals surface area contributed by atoms with E-state index in [1.165, 1.54) is 39.7 Å². The Kier molecular flexibility index (Phi) is 5.90. The molecule has 4 rings (SSSR count). The van der Waals surface area contributed by atoms with Crippen molar-refractivity contribution in [1.29, 1.82) is 0 Å². The van der Waals surface area contributed by atoms with Crippen LogP contribution in [0, 0.1) is 24.0 Å². The molecule has 1 saturated heterocycles. The van der Waals surface area contributed by atoms with E-state index in [0.29, 0.717) is 18.9 Å². The van der Waals surface area contributed by atoms with Gasteiger partial charge in [-0.3, -0.25) is 10.1 Å². The largest absolute Gasteiger partial charge is 0.352 e. The fourth-order valence-electron chi connectivity index (χ4n) is 3.67. The lowest BCUT2D eigenvalue weighted by atomic mass is 10.0.